The Bertz CT molecular complexity index is 370. The quantitative estimate of drug-likeness (QED) is 0.235. The number of rotatable bonds is 3. The van der Waals surface area contributed by atoms with Crippen LogP contribution in [0.4, 0.5) is 5.69 Å². The number of nitrogens with zero attached hydrogens (tertiary/aromatic N) is 1. The van der Waals surface area contributed by atoms with Crippen LogP contribution in [0.5, 0.6) is 0 Å². The van der Waals surface area contributed by atoms with Crippen LogP contribution in [0.3, 0.4) is 0 Å². The first-order valence-corrected chi connectivity index (χ1v) is 3.54. The number of non-ortho nitro benzene ring substituents is 1. The van der Waals surface area contributed by atoms with E-state index >= 15 is 0 Å². The van der Waals surface area contributed by atoms with E-state index in [1.165, 1.54) is 12.1 Å². The summed E-state index contributed by atoms with van der Waals surface area (Å²) < 4.78 is 4.04. The molecule has 0 aliphatic rings. The third kappa shape index (κ3) is 2.13. The standard InChI is InChI=1S/C8H5NO5/c10-5-14-8(11)6-1-3-7(4-2-6)9(12)13/h1-5H. The maximum atomic E-state index is 10.9. The minimum Gasteiger partial charge on any atom is -0.392 e. The second-order valence-electron chi connectivity index (χ2n) is 2.31. The monoisotopic (exact) mass is 195 g/mol. The van der Waals surface area contributed by atoms with E-state index in [0.29, 0.717) is 0 Å². The van der Waals surface area contributed by atoms with E-state index in [2.05, 4.69) is 4.74 Å². The van der Waals surface area contributed by atoms with Crippen LogP contribution in [-0.4, -0.2) is 17.4 Å². The maximum Gasteiger partial charge on any atom is 0.345 e. The Balaban J connectivity index is 2.88. The summed E-state index contributed by atoms with van der Waals surface area (Å²) >= 11 is 0. The Labute approximate surface area is 78.3 Å². The molecule has 0 radical (unpaired) electrons. The average Bonchev–Trinajstić information content (AvgIpc) is 2.18. The molecule has 0 saturated heterocycles. The van der Waals surface area contributed by atoms with Crippen molar-refractivity contribution < 1.29 is 19.2 Å². The Morgan fingerprint density at radius 3 is 2.36 bits per heavy atom. The fraction of sp³-hybridized carbons (Fsp3) is 0. The zero-order chi connectivity index (χ0) is 10.6. The third-order valence-electron chi connectivity index (χ3n) is 1.47. The van der Waals surface area contributed by atoms with E-state index in [4.69, 9.17) is 0 Å². The predicted octanol–water partition coefficient (Wildman–Crippen LogP) is 0.908. The number of carbonyl (C=O) groups excluding carboxylic acids is 2. The summed E-state index contributed by atoms with van der Waals surface area (Å²) in [6.45, 7) is 0.00372. The number of nitro groups is 1. The van der Waals surface area contributed by atoms with Gasteiger partial charge in [0.1, 0.15) is 0 Å². The highest BCUT2D eigenvalue weighted by atomic mass is 16.6. The third-order valence-corrected chi connectivity index (χ3v) is 1.47. The lowest BCUT2D eigenvalue weighted by molar-refractivity contribution is -0.384. The highest BCUT2D eigenvalue weighted by molar-refractivity contribution is 5.93. The molecule has 0 bridgehead atoms. The van der Waals surface area contributed by atoms with Crippen LogP contribution >= 0.6 is 0 Å². The van der Waals surface area contributed by atoms with Crippen molar-refractivity contribution >= 4 is 18.1 Å². The lowest BCUT2D eigenvalue weighted by atomic mass is 10.2. The number of esters is 1. The highest BCUT2D eigenvalue weighted by Gasteiger charge is 2.09. The molecule has 0 N–H and O–H groups in total. The van der Waals surface area contributed by atoms with Crippen LogP contribution < -0.4 is 0 Å². The molecule has 1 aromatic rings. The Kier molecular flexibility index (Phi) is 2.90. The van der Waals surface area contributed by atoms with Gasteiger partial charge in [-0.1, -0.05) is 0 Å². The zero-order valence-electron chi connectivity index (χ0n) is 6.88. The lowest BCUT2D eigenvalue weighted by Crippen LogP contribution is -2.03. The fourth-order valence-electron chi connectivity index (χ4n) is 0.831. The Morgan fingerprint density at radius 1 is 1.36 bits per heavy atom. The molecule has 0 heterocycles. The van der Waals surface area contributed by atoms with Crippen molar-refractivity contribution in [2.75, 3.05) is 0 Å². The summed E-state index contributed by atoms with van der Waals surface area (Å²) in [4.78, 5) is 30.4. The number of hydrogen-bond acceptors (Lipinski definition) is 5. The molecule has 0 atom stereocenters. The minimum atomic E-state index is -0.838. The van der Waals surface area contributed by atoms with Crippen LogP contribution in [0, 0.1) is 10.1 Å². The van der Waals surface area contributed by atoms with Crippen molar-refractivity contribution in [3.63, 3.8) is 0 Å². The van der Waals surface area contributed by atoms with Crippen molar-refractivity contribution in [1.82, 2.24) is 0 Å². The largest absolute Gasteiger partial charge is 0.392 e. The second kappa shape index (κ2) is 4.13. The van der Waals surface area contributed by atoms with E-state index < -0.39 is 10.9 Å². The van der Waals surface area contributed by atoms with E-state index in [9.17, 15) is 19.7 Å². The molecule has 0 aliphatic carbocycles. The van der Waals surface area contributed by atoms with Crippen molar-refractivity contribution in [1.29, 1.82) is 0 Å². The number of nitro benzene ring substituents is 1. The summed E-state index contributed by atoms with van der Waals surface area (Å²) in [5.74, 6) is -0.838. The second-order valence-corrected chi connectivity index (χ2v) is 2.31. The van der Waals surface area contributed by atoms with Gasteiger partial charge in [0, 0.05) is 12.1 Å². The van der Waals surface area contributed by atoms with E-state index in [-0.39, 0.29) is 17.7 Å². The molecule has 0 fully saturated rings. The van der Waals surface area contributed by atoms with Gasteiger partial charge in [-0.05, 0) is 12.1 Å². The summed E-state index contributed by atoms with van der Waals surface area (Å²) in [5.41, 5.74) is -0.0460. The van der Waals surface area contributed by atoms with Gasteiger partial charge in [-0.25, -0.2) is 4.79 Å². The highest BCUT2D eigenvalue weighted by Crippen LogP contribution is 2.12. The molecule has 1 aromatic carbocycles. The van der Waals surface area contributed by atoms with Gasteiger partial charge >= 0.3 is 12.4 Å². The van der Waals surface area contributed by atoms with Crippen LogP contribution in [-0.2, 0) is 9.53 Å². The topological polar surface area (TPSA) is 86.5 Å². The summed E-state index contributed by atoms with van der Waals surface area (Å²) in [7, 11) is 0. The molecule has 6 nitrogen and oxygen atoms in total. The number of ether oxygens (including phenoxy) is 1. The maximum absolute atomic E-state index is 10.9. The minimum absolute atomic E-state index is 0.00372. The first kappa shape index (κ1) is 9.85. The average molecular weight is 195 g/mol. The number of hydrogen-bond donors (Lipinski definition) is 0. The normalized spacial score (nSPS) is 9.14. The van der Waals surface area contributed by atoms with Crippen molar-refractivity contribution in [3.8, 4) is 0 Å². The van der Waals surface area contributed by atoms with Gasteiger partial charge in [0.05, 0.1) is 10.5 Å². The number of benzene rings is 1. The molecule has 0 spiro atoms. The van der Waals surface area contributed by atoms with Crippen LogP contribution in [0.15, 0.2) is 24.3 Å². The molecule has 72 valence electrons. The molecule has 0 aromatic heterocycles. The molecular weight excluding hydrogens is 190 g/mol. The van der Waals surface area contributed by atoms with E-state index in [1.54, 1.807) is 0 Å². The first-order chi connectivity index (χ1) is 6.65. The summed E-state index contributed by atoms with van der Waals surface area (Å²) in [6, 6.07) is 4.73. The predicted molar refractivity (Wildman–Crippen MR) is 44.6 cm³/mol. The van der Waals surface area contributed by atoms with Crippen molar-refractivity contribution in [3.05, 3.63) is 39.9 Å². The molecule has 0 amide bonds. The van der Waals surface area contributed by atoms with Gasteiger partial charge in [0.25, 0.3) is 5.69 Å². The summed E-state index contributed by atoms with van der Waals surface area (Å²) in [5, 5.41) is 10.2. The molecule has 1 rings (SSSR count). The van der Waals surface area contributed by atoms with Crippen molar-refractivity contribution in [2.45, 2.75) is 0 Å². The van der Waals surface area contributed by atoms with E-state index in [0.717, 1.165) is 12.1 Å². The molecule has 6 heteroatoms. The van der Waals surface area contributed by atoms with Gasteiger partial charge < -0.3 is 4.74 Å². The van der Waals surface area contributed by atoms with E-state index in [1.807, 2.05) is 0 Å². The van der Waals surface area contributed by atoms with Gasteiger partial charge in [0.15, 0.2) is 0 Å². The first-order valence-electron chi connectivity index (χ1n) is 3.54. The van der Waals surface area contributed by atoms with Gasteiger partial charge in [-0.15, -0.1) is 0 Å². The van der Waals surface area contributed by atoms with Gasteiger partial charge in [0.2, 0.25) is 0 Å². The molecule has 14 heavy (non-hydrogen) atoms. The molecule has 0 saturated carbocycles. The Hall–Kier alpha value is -2.24. The van der Waals surface area contributed by atoms with Gasteiger partial charge in [-0.3, -0.25) is 14.9 Å². The number of carbonyl (C=O) groups is 2. The molecule has 0 unspecified atom stereocenters. The molecule has 0 aliphatic heterocycles. The smallest absolute Gasteiger partial charge is 0.345 e. The van der Waals surface area contributed by atoms with Crippen LogP contribution in [0.1, 0.15) is 10.4 Å². The van der Waals surface area contributed by atoms with Gasteiger partial charge in [-0.2, -0.15) is 0 Å². The SMILES string of the molecule is O=COC(=O)c1ccc([N+](=O)[O-])cc1. The molecular formula is C8H5NO5. The van der Waals surface area contributed by atoms with Crippen LogP contribution in [0.2, 0.25) is 0 Å². The van der Waals surface area contributed by atoms with Crippen molar-refractivity contribution in [2.24, 2.45) is 0 Å². The lowest BCUT2D eigenvalue weighted by Gasteiger charge is -1.96. The Morgan fingerprint density at radius 2 is 1.93 bits per heavy atom. The fourth-order valence-corrected chi connectivity index (χ4v) is 0.831. The van der Waals surface area contributed by atoms with Crippen LogP contribution in [0.25, 0.3) is 0 Å². The summed E-state index contributed by atoms with van der Waals surface area (Å²) in [6.07, 6.45) is 0. The zero-order valence-corrected chi connectivity index (χ0v) is 6.88.